The number of hydrogen-bond donors (Lipinski definition) is 0. The zero-order valence-corrected chi connectivity index (χ0v) is 14.8. The maximum Gasteiger partial charge on any atom is 0.249 e. The van der Waals surface area contributed by atoms with Gasteiger partial charge in [0.2, 0.25) is 11.8 Å². The summed E-state index contributed by atoms with van der Waals surface area (Å²) in [6, 6.07) is 0. The summed E-state index contributed by atoms with van der Waals surface area (Å²) in [7, 11) is 0. The molecule has 0 radical (unpaired) electrons. The maximum atomic E-state index is 12.9. The standard InChI is InChI=1S/C13H21F2NO.2C2H6/c1-4-11(5-2)12(17)16-7-6-10(9-16)8-13(3,14)15;2*1-2/h4,10H,5-9H2,1-3H3;2*1-2H3/b11-4+;;. The molecule has 0 spiro atoms. The molecule has 1 aliphatic rings. The third-order valence-corrected chi connectivity index (χ3v) is 3.22. The molecule has 1 heterocycles. The zero-order chi connectivity index (χ0) is 17.1. The van der Waals surface area contributed by atoms with Gasteiger partial charge in [-0.3, -0.25) is 4.79 Å². The fourth-order valence-electron chi connectivity index (χ4n) is 2.37. The highest BCUT2D eigenvalue weighted by atomic mass is 19.3. The molecule has 0 aliphatic carbocycles. The summed E-state index contributed by atoms with van der Waals surface area (Å²) in [6.07, 6.45) is 3.08. The van der Waals surface area contributed by atoms with Crippen molar-refractivity contribution >= 4 is 5.91 Å². The second kappa shape index (κ2) is 11.7. The quantitative estimate of drug-likeness (QED) is 0.646. The molecule has 1 amide bonds. The Labute approximate surface area is 129 Å². The van der Waals surface area contributed by atoms with Crippen LogP contribution in [0.3, 0.4) is 0 Å². The Morgan fingerprint density at radius 3 is 2.19 bits per heavy atom. The molecule has 0 saturated carbocycles. The van der Waals surface area contributed by atoms with E-state index in [1.807, 2.05) is 47.6 Å². The second-order valence-electron chi connectivity index (χ2n) is 4.85. The van der Waals surface area contributed by atoms with Gasteiger partial charge in [-0.2, -0.15) is 0 Å². The molecule has 4 heteroatoms. The summed E-state index contributed by atoms with van der Waals surface area (Å²) in [6.45, 7) is 13.8. The van der Waals surface area contributed by atoms with Gasteiger partial charge >= 0.3 is 0 Å². The number of carbonyl (C=O) groups excluding carboxylic acids is 1. The zero-order valence-electron chi connectivity index (χ0n) is 14.8. The highest BCUT2D eigenvalue weighted by Gasteiger charge is 2.33. The van der Waals surface area contributed by atoms with Crippen molar-refractivity contribution in [3.05, 3.63) is 11.6 Å². The summed E-state index contributed by atoms with van der Waals surface area (Å²) in [5.74, 6) is -2.68. The number of amides is 1. The van der Waals surface area contributed by atoms with Crippen LogP contribution in [-0.4, -0.2) is 29.8 Å². The predicted molar refractivity (Wildman–Crippen MR) is 86.7 cm³/mol. The van der Waals surface area contributed by atoms with Crippen LogP contribution in [0.4, 0.5) is 8.78 Å². The fraction of sp³-hybridized carbons (Fsp3) is 0.824. The lowest BCUT2D eigenvalue weighted by Crippen LogP contribution is -2.30. The third-order valence-electron chi connectivity index (χ3n) is 3.22. The summed E-state index contributed by atoms with van der Waals surface area (Å²) >= 11 is 0. The number of alkyl halides is 2. The third kappa shape index (κ3) is 8.84. The Balaban J connectivity index is 0. The Kier molecular flexibility index (Phi) is 12.5. The minimum Gasteiger partial charge on any atom is -0.339 e. The highest BCUT2D eigenvalue weighted by Crippen LogP contribution is 2.29. The smallest absolute Gasteiger partial charge is 0.249 e. The van der Waals surface area contributed by atoms with Crippen molar-refractivity contribution in [2.75, 3.05) is 13.1 Å². The van der Waals surface area contributed by atoms with E-state index in [4.69, 9.17) is 0 Å². The second-order valence-corrected chi connectivity index (χ2v) is 4.85. The van der Waals surface area contributed by atoms with Crippen LogP contribution in [-0.2, 0) is 4.79 Å². The molecule has 0 aromatic carbocycles. The van der Waals surface area contributed by atoms with E-state index in [1.54, 1.807) is 4.90 Å². The van der Waals surface area contributed by atoms with Gasteiger partial charge < -0.3 is 4.90 Å². The molecule has 1 rings (SSSR count). The highest BCUT2D eigenvalue weighted by molar-refractivity contribution is 5.93. The van der Waals surface area contributed by atoms with Crippen LogP contribution in [0.1, 0.15) is 67.7 Å². The normalized spacial score (nSPS) is 18.4. The fourth-order valence-corrected chi connectivity index (χ4v) is 2.37. The van der Waals surface area contributed by atoms with Crippen LogP contribution in [0.2, 0.25) is 0 Å². The topological polar surface area (TPSA) is 20.3 Å². The SMILES string of the molecule is C/C=C(\CC)C(=O)N1CCC(CC(C)(F)F)C1.CC.CC. The van der Waals surface area contributed by atoms with Gasteiger partial charge in [0.25, 0.3) is 0 Å². The van der Waals surface area contributed by atoms with Crippen LogP contribution in [0, 0.1) is 5.92 Å². The molecule has 126 valence electrons. The molecule has 0 N–H and O–H groups in total. The monoisotopic (exact) mass is 305 g/mol. The first-order valence-corrected chi connectivity index (χ1v) is 8.19. The summed E-state index contributed by atoms with van der Waals surface area (Å²) < 4.78 is 25.8. The van der Waals surface area contributed by atoms with Gasteiger partial charge in [0.15, 0.2) is 0 Å². The summed E-state index contributed by atoms with van der Waals surface area (Å²) in [4.78, 5) is 13.7. The van der Waals surface area contributed by atoms with Crippen LogP contribution >= 0.6 is 0 Å². The van der Waals surface area contributed by atoms with E-state index < -0.39 is 5.92 Å². The molecule has 2 nitrogen and oxygen atoms in total. The molecule has 0 aromatic heterocycles. The maximum absolute atomic E-state index is 12.9. The number of nitrogens with zero attached hydrogens (tertiary/aromatic N) is 1. The summed E-state index contributed by atoms with van der Waals surface area (Å²) in [5.41, 5.74) is 0.772. The van der Waals surface area contributed by atoms with Crippen LogP contribution in [0.5, 0.6) is 0 Å². The van der Waals surface area contributed by atoms with Crippen molar-refractivity contribution in [2.45, 2.75) is 73.7 Å². The lowest BCUT2D eigenvalue weighted by Gasteiger charge is -2.19. The Hall–Kier alpha value is -0.930. The molecule has 1 aliphatic heterocycles. The van der Waals surface area contributed by atoms with Gasteiger partial charge in [-0.25, -0.2) is 8.78 Å². The average molecular weight is 305 g/mol. The number of halogens is 2. The predicted octanol–water partition coefficient (Wildman–Crippen LogP) is 5.29. The Bertz CT molecular complexity index is 308. The lowest BCUT2D eigenvalue weighted by atomic mass is 10.0. The first-order chi connectivity index (χ1) is 9.87. The van der Waals surface area contributed by atoms with Crippen molar-refractivity contribution in [3.8, 4) is 0 Å². The van der Waals surface area contributed by atoms with E-state index in [0.717, 1.165) is 12.5 Å². The Morgan fingerprint density at radius 2 is 1.81 bits per heavy atom. The van der Waals surface area contributed by atoms with Crippen LogP contribution in [0.15, 0.2) is 11.6 Å². The number of carbonyl (C=O) groups is 1. The van der Waals surface area contributed by atoms with Crippen LogP contribution < -0.4 is 0 Å². The van der Waals surface area contributed by atoms with E-state index in [2.05, 4.69) is 0 Å². The van der Waals surface area contributed by atoms with Crippen molar-refractivity contribution < 1.29 is 13.6 Å². The minimum absolute atomic E-state index is 0.0110. The van der Waals surface area contributed by atoms with E-state index in [1.165, 1.54) is 0 Å². The number of allylic oxidation sites excluding steroid dienone is 1. The average Bonchev–Trinajstić information content (AvgIpc) is 2.90. The van der Waals surface area contributed by atoms with Gasteiger partial charge in [0, 0.05) is 25.1 Å². The molecule has 0 aromatic rings. The van der Waals surface area contributed by atoms with Gasteiger partial charge in [-0.1, -0.05) is 40.7 Å². The molecule has 21 heavy (non-hydrogen) atoms. The molecule has 1 saturated heterocycles. The van der Waals surface area contributed by atoms with E-state index in [9.17, 15) is 13.6 Å². The number of rotatable bonds is 4. The molecule has 1 unspecified atom stereocenters. The van der Waals surface area contributed by atoms with Crippen molar-refractivity contribution in [1.82, 2.24) is 4.90 Å². The number of hydrogen-bond acceptors (Lipinski definition) is 1. The minimum atomic E-state index is -2.63. The van der Waals surface area contributed by atoms with E-state index in [-0.39, 0.29) is 18.2 Å². The van der Waals surface area contributed by atoms with E-state index >= 15 is 0 Å². The molecular weight excluding hydrogens is 272 g/mol. The Morgan fingerprint density at radius 1 is 1.29 bits per heavy atom. The van der Waals surface area contributed by atoms with Gasteiger partial charge in [0.1, 0.15) is 0 Å². The van der Waals surface area contributed by atoms with Gasteiger partial charge in [0.05, 0.1) is 0 Å². The molecule has 0 bridgehead atoms. The molecular formula is C17H33F2NO. The van der Waals surface area contributed by atoms with Crippen LogP contribution in [0.25, 0.3) is 0 Å². The molecule has 1 atom stereocenters. The molecule has 1 fully saturated rings. The van der Waals surface area contributed by atoms with Crippen molar-refractivity contribution in [3.63, 3.8) is 0 Å². The van der Waals surface area contributed by atoms with Crippen molar-refractivity contribution in [1.29, 1.82) is 0 Å². The van der Waals surface area contributed by atoms with Crippen molar-refractivity contribution in [2.24, 2.45) is 5.92 Å². The van der Waals surface area contributed by atoms with E-state index in [0.29, 0.717) is 25.9 Å². The number of likely N-dealkylation sites (tertiary alicyclic amines) is 1. The lowest BCUT2D eigenvalue weighted by molar-refractivity contribution is -0.126. The summed E-state index contributed by atoms with van der Waals surface area (Å²) in [5, 5.41) is 0. The first kappa shape index (κ1) is 22.4. The van der Waals surface area contributed by atoms with Gasteiger partial charge in [-0.15, -0.1) is 0 Å². The van der Waals surface area contributed by atoms with Gasteiger partial charge in [-0.05, 0) is 32.6 Å². The first-order valence-electron chi connectivity index (χ1n) is 8.19. The largest absolute Gasteiger partial charge is 0.339 e.